The molecular formula is C28H31ClN6O3S. The first-order valence-electron chi connectivity index (χ1n) is 13.0. The second-order valence-electron chi connectivity index (χ2n) is 10.0. The molecule has 2 aromatic heterocycles. The van der Waals surface area contributed by atoms with Crippen LogP contribution in [0.2, 0.25) is 5.02 Å². The van der Waals surface area contributed by atoms with Crippen molar-refractivity contribution in [3.05, 3.63) is 76.2 Å². The Kier molecular flexibility index (Phi) is 7.67. The highest BCUT2D eigenvalue weighted by atomic mass is 35.5. The summed E-state index contributed by atoms with van der Waals surface area (Å²) >= 11 is 6.25. The van der Waals surface area contributed by atoms with Crippen LogP contribution in [-0.2, 0) is 21.4 Å². The first-order chi connectivity index (χ1) is 18.7. The van der Waals surface area contributed by atoms with Crippen molar-refractivity contribution < 1.29 is 13.2 Å². The van der Waals surface area contributed by atoms with Crippen molar-refractivity contribution in [2.24, 2.45) is 0 Å². The molecule has 1 saturated heterocycles. The average Bonchev–Trinajstić information content (AvgIpc) is 3.27. The molecule has 4 heterocycles. The van der Waals surface area contributed by atoms with E-state index in [4.69, 9.17) is 11.6 Å². The van der Waals surface area contributed by atoms with Crippen molar-refractivity contribution in [3.8, 4) is 6.07 Å². The summed E-state index contributed by atoms with van der Waals surface area (Å²) in [5, 5.41) is 10.0. The zero-order chi connectivity index (χ0) is 27.7. The Morgan fingerprint density at radius 1 is 1.08 bits per heavy atom. The van der Waals surface area contributed by atoms with Crippen molar-refractivity contribution in [3.63, 3.8) is 0 Å². The third kappa shape index (κ3) is 5.26. The summed E-state index contributed by atoms with van der Waals surface area (Å²) in [5.41, 5.74) is 2.59. The Balaban J connectivity index is 1.39. The van der Waals surface area contributed by atoms with Gasteiger partial charge < -0.3 is 14.4 Å². The van der Waals surface area contributed by atoms with Gasteiger partial charge in [0.05, 0.1) is 16.5 Å². The van der Waals surface area contributed by atoms with Crippen LogP contribution in [0, 0.1) is 25.2 Å². The summed E-state index contributed by atoms with van der Waals surface area (Å²) in [6.45, 7) is 6.57. The lowest BCUT2D eigenvalue weighted by atomic mass is 10.1. The number of hydrogen-bond acceptors (Lipinski definition) is 6. The van der Waals surface area contributed by atoms with Gasteiger partial charge in [-0.2, -0.15) is 9.57 Å². The van der Waals surface area contributed by atoms with Gasteiger partial charge in [-0.25, -0.2) is 13.4 Å². The molecule has 39 heavy (non-hydrogen) atoms. The molecule has 0 saturated carbocycles. The minimum absolute atomic E-state index is 0.0435. The topological polar surface area (TPSA) is 103 Å². The number of amides is 1. The molecule has 11 heteroatoms. The first-order valence-corrected chi connectivity index (χ1v) is 14.8. The van der Waals surface area contributed by atoms with Crippen molar-refractivity contribution in [2.75, 3.05) is 37.6 Å². The van der Waals surface area contributed by atoms with Crippen molar-refractivity contribution >= 4 is 33.3 Å². The van der Waals surface area contributed by atoms with E-state index in [1.54, 1.807) is 49.2 Å². The summed E-state index contributed by atoms with van der Waals surface area (Å²) in [4.78, 5) is 22.1. The maximum atomic E-state index is 14.0. The van der Waals surface area contributed by atoms with E-state index >= 15 is 0 Å². The molecule has 0 aliphatic carbocycles. The van der Waals surface area contributed by atoms with Gasteiger partial charge in [0.1, 0.15) is 11.9 Å². The van der Waals surface area contributed by atoms with Crippen molar-refractivity contribution in [1.82, 2.24) is 18.8 Å². The summed E-state index contributed by atoms with van der Waals surface area (Å²) in [6, 6.07) is 12.1. The zero-order valence-electron chi connectivity index (χ0n) is 22.0. The van der Waals surface area contributed by atoms with Crippen LogP contribution in [0.5, 0.6) is 0 Å². The van der Waals surface area contributed by atoms with E-state index in [9.17, 15) is 18.5 Å². The number of pyridine rings is 1. The molecule has 2 aliphatic heterocycles. The summed E-state index contributed by atoms with van der Waals surface area (Å²) in [7, 11) is -3.89. The molecule has 3 aromatic rings. The quantitative estimate of drug-likeness (QED) is 0.464. The third-order valence-electron chi connectivity index (χ3n) is 7.58. The monoisotopic (exact) mass is 566 g/mol. The van der Waals surface area contributed by atoms with E-state index in [1.807, 2.05) is 27.8 Å². The van der Waals surface area contributed by atoms with Gasteiger partial charge in [-0.1, -0.05) is 11.6 Å². The van der Waals surface area contributed by atoms with E-state index in [0.29, 0.717) is 60.3 Å². The molecular weight excluding hydrogens is 536 g/mol. The van der Waals surface area contributed by atoms with Crippen LogP contribution >= 0.6 is 11.6 Å². The fourth-order valence-electron chi connectivity index (χ4n) is 5.51. The molecule has 0 radical (unpaired) electrons. The number of fused-ring (bicyclic) bond motifs is 1. The fraction of sp³-hybridized carbons (Fsp3) is 0.393. The number of aryl methyl sites for hydroxylation is 2. The highest BCUT2D eigenvalue weighted by molar-refractivity contribution is 7.89. The number of halogens is 1. The maximum absolute atomic E-state index is 14.0. The first kappa shape index (κ1) is 27.2. The van der Waals surface area contributed by atoms with Crippen molar-refractivity contribution in [1.29, 1.82) is 5.26 Å². The maximum Gasteiger partial charge on any atom is 0.244 e. The Morgan fingerprint density at radius 3 is 2.69 bits per heavy atom. The van der Waals surface area contributed by atoms with Crippen LogP contribution < -0.4 is 4.90 Å². The number of benzene rings is 1. The molecule has 9 nitrogen and oxygen atoms in total. The molecule has 1 fully saturated rings. The highest BCUT2D eigenvalue weighted by Gasteiger charge is 2.39. The summed E-state index contributed by atoms with van der Waals surface area (Å²) in [6.07, 6.45) is 4.36. The smallest absolute Gasteiger partial charge is 0.244 e. The molecule has 1 amide bonds. The standard InChI is InChI=1S/C28H31ClN6O3S/c1-20-17-26(21(2)16-23(20)29)39(37,38)35-15-14-32-9-4-7-24(32)25(35)18-27(36)33-10-5-11-34(13-12-33)28-22(19-30)6-3-8-31-28/h3-4,6-9,16-17,25H,5,10-15,18H2,1-2H3. The van der Waals surface area contributed by atoms with Gasteiger partial charge in [-0.05, 0) is 67.8 Å². The number of anilines is 1. The fourth-order valence-corrected chi connectivity index (χ4v) is 7.61. The van der Waals surface area contributed by atoms with Crippen LogP contribution in [0.1, 0.15) is 41.3 Å². The van der Waals surface area contributed by atoms with E-state index in [0.717, 1.165) is 12.1 Å². The predicted octanol–water partition coefficient (Wildman–Crippen LogP) is 3.90. The number of sulfonamides is 1. The van der Waals surface area contributed by atoms with Gasteiger partial charge in [0.2, 0.25) is 15.9 Å². The van der Waals surface area contributed by atoms with Crippen molar-refractivity contribution in [2.45, 2.75) is 44.2 Å². The number of nitriles is 1. The van der Waals surface area contributed by atoms with E-state index in [1.165, 1.54) is 4.31 Å². The Hall–Kier alpha value is -3.39. The van der Waals surface area contributed by atoms with Crippen LogP contribution in [0.25, 0.3) is 0 Å². The largest absolute Gasteiger partial charge is 0.354 e. The zero-order valence-corrected chi connectivity index (χ0v) is 23.6. The molecule has 1 aromatic carbocycles. The lowest BCUT2D eigenvalue weighted by Gasteiger charge is -2.37. The van der Waals surface area contributed by atoms with E-state index < -0.39 is 16.1 Å². The SMILES string of the molecule is Cc1cc(S(=O)(=O)N2CCn3cccc3C2CC(=O)N2CCCN(c3ncccc3C#N)CC2)c(C)cc1Cl. The van der Waals surface area contributed by atoms with E-state index in [-0.39, 0.29) is 23.8 Å². The number of aromatic nitrogens is 2. The number of hydrogen-bond donors (Lipinski definition) is 0. The van der Waals surface area contributed by atoms with Gasteiger partial charge in [-0.15, -0.1) is 0 Å². The molecule has 1 atom stereocenters. The molecule has 2 aliphatic rings. The normalized spacial score (nSPS) is 18.4. The van der Waals surface area contributed by atoms with Crippen LogP contribution in [-0.4, -0.2) is 65.8 Å². The molecule has 0 N–H and O–H groups in total. The number of carbonyl (C=O) groups is 1. The second kappa shape index (κ2) is 11.0. The molecule has 204 valence electrons. The third-order valence-corrected chi connectivity index (χ3v) is 10.0. The molecule has 1 unspecified atom stereocenters. The minimum atomic E-state index is -3.89. The van der Waals surface area contributed by atoms with Crippen LogP contribution in [0.3, 0.4) is 0 Å². The Morgan fingerprint density at radius 2 is 1.90 bits per heavy atom. The highest BCUT2D eigenvalue weighted by Crippen LogP contribution is 2.36. The number of nitrogens with zero attached hydrogens (tertiary/aromatic N) is 6. The Bertz CT molecular complexity index is 1550. The second-order valence-corrected chi connectivity index (χ2v) is 12.3. The Labute approximate surface area is 234 Å². The minimum Gasteiger partial charge on any atom is -0.354 e. The number of carbonyl (C=O) groups excluding carboxylic acids is 1. The number of rotatable bonds is 5. The predicted molar refractivity (Wildman–Crippen MR) is 149 cm³/mol. The summed E-state index contributed by atoms with van der Waals surface area (Å²) < 4.78 is 31.5. The van der Waals surface area contributed by atoms with Crippen LogP contribution in [0.15, 0.2) is 53.7 Å². The lowest BCUT2D eigenvalue weighted by molar-refractivity contribution is -0.132. The molecule has 0 spiro atoms. The molecule has 0 bridgehead atoms. The van der Waals surface area contributed by atoms with Gasteiger partial charge in [0.15, 0.2) is 0 Å². The van der Waals surface area contributed by atoms with Gasteiger partial charge in [0.25, 0.3) is 0 Å². The van der Waals surface area contributed by atoms with E-state index in [2.05, 4.69) is 11.1 Å². The lowest BCUT2D eigenvalue weighted by Crippen LogP contribution is -2.45. The van der Waals surface area contributed by atoms with Gasteiger partial charge in [0, 0.05) is 68.8 Å². The molecule has 5 rings (SSSR count). The average molecular weight is 567 g/mol. The van der Waals surface area contributed by atoms with Gasteiger partial charge >= 0.3 is 0 Å². The summed E-state index contributed by atoms with van der Waals surface area (Å²) in [5.74, 6) is 0.535. The van der Waals surface area contributed by atoms with Gasteiger partial charge in [-0.3, -0.25) is 4.79 Å². The van der Waals surface area contributed by atoms with Crippen LogP contribution in [0.4, 0.5) is 5.82 Å².